The highest BCUT2D eigenvalue weighted by Crippen LogP contribution is 2.32. The highest BCUT2D eigenvalue weighted by Gasteiger charge is 2.19. The molecular weight excluding hydrogens is 260 g/mol. The molecule has 0 amide bonds. The minimum atomic E-state index is -0.862. The predicted molar refractivity (Wildman–Crippen MR) is 61.2 cm³/mol. The maximum Gasteiger partial charge on any atom is 0.310 e. The number of carboxylic acid groups (broad SMARTS) is 1. The van der Waals surface area contributed by atoms with Crippen LogP contribution in [0, 0.1) is 6.92 Å². The van der Waals surface area contributed by atoms with Gasteiger partial charge >= 0.3 is 5.97 Å². The number of phenols is 1. The smallest absolute Gasteiger partial charge is 0.310 e. The van der Waals surface area contributed by atoms with Gasteiger partial charge in [0.1, 0.15) is 5.75 Å². The Bertz CT molecular complexity index is 364. The highest BCUT2D eigenvalue weighted by molar-refractivity contribution is 9.10. The number of hydrogen-bond acceptors (Lipinski definition) is 2. The molecule has 0 aliphatic rings. The van der Waals surface area contributed by atoms with E-state index < -0.39 is 11.9 Å². The zero-order chi connectivity index (χ0) is 11.6. The first kappa shape index (κ1) is 12.0. The average molecular weight is 273 g/mol. The van der Waals surface area contributed by atoms with E-state index in [1.165, 1.54) is 6.07 Å². The lowest BCUT2D eigenvalue weighted by molar-refractivity contribution is -0.138. The van der Waals surface area contributed by atoms with Gasteiger partial charge in [-0.3, -0.25) is 4.79 Å². The molecule has 0 aliphatic carbocycles. The predicted octanol–water partition coefficient (Wildman–Crippen LogP) is 3.04. The highest BCUT2D eigenvalue weighted by atomic mass is 79.9. The lowest BCUT2D eigenvalue weighted by Gasteiger charge is -2.12. The molecule has 1 rings (SSSR count). The second kappa shape index (κ2) is 4.66. The fourth-order valence-electron chi connectivity index (χ4n) is 1.53. The van der Waals surface area contributed by atoms with E-state index in [2.05, 4.69) is 15.9 Å². The number of carboxylic acids is 1. The summed E-state index contributed by atoms with van der Waals surface area (Å²) in [7, 11) is 0. The molecule has 0 bridgehead atoms. The Labute approximate surface area is 96.9 Å². The van der Waals surface area contributed by atoms with Crippen LogP contribution < -0.4 is 0 Å². The number of phenolic OH excluding ortho intramolecular Hbond substituents is 1. The summed E-state index contributed by atoms with van der Waals surface area (Å²) >= 11 is 3.22. The van der Waals surface area contributed by atoms with Crippen molar-refractivity contribution in [3.63, 3.8) is 0 Å². The Morgan fingerprint density at radius 3 is 2.53 bits per heavy atom. The molecule has 1 atom stereocenters. The SMILES string of the molecule is CCC(C(=O)O)c1cc(C)c(Br)c(O)c1. The quantitative estimate of drug-likeness (QED) is 0.889. The minimum Gasteiger partial charge on any atom is -0.507 e. The van der Waals surface area contributed by atoms with Gasteiger partial charge in [0, 0.05) is 0 Å². The topological polar surface area (TPSA) is 57.5 Å². The van der Waals surface area contributed by atoms with E-state index in [1.54, 1.807) is 6.07 Å². The van der Waals surface area contributed by atoms with E-state index in [1.807, 2.05) is 13.8 Å². The van der Waals surface area contributed by atoms with Crippen LogP contribution in [0.25, 0.3) is 0 Å². The van der Waals surface area contributed by atoms with E-state index in [0.717, 1.165) is 5.56 Å². The third-order valence-electron chi connectivity index (χ3n) is 2.37. The van der Waals surface area contributed by atoms with Crippen LogP contribution in [0.15, 0.2) is 16.6 Å². The van der Waals surface area contributed by atoms with Crippen molar-refractivity contribution in [2.45, 2.75) is 26.2 Å². The van der Waals surface area contributed by atoms with Crippen molar-refractivity contribution in [1.82, 2.24) is 0 Å². The molecule has 15 heavy (non-hydrogen) atoms. The summed E-state index contributed by atoms with van der Waals surface area (Å²) in [5, 5.41) is 18.6. The summed E-state index contributed by atoms with van der Waals surface area (Å²) in [5.41, 5.74) is 1.48. The molecule has 0 radical (unpaired) electrons. The summed E-state index contributed by atoms with van der Waals surface area (Å²) in [6.45, 7) is 3.63. The lowest BCUT2D eigenvalue weighted by atomic mass is 9.95. The Hall–Kier alpha value is -1.03. The van der Waals surface area contributed by atoms with Crippen molar-refractivity contribution >= 4 is 21.9 Å². The molecule has 0 saturated carbocycles. The van der Waals surface area contributed by atoms with E-state index in [4.69, 9.17) is 5.11 Å². The molecule has 0 aromatic heterocycles. The number of halogens is 1. The summed E-state index contributed by atoms with van der Waals surface area (Å²) in [4.78, 5) is 10.9. The third-order valence-corrected chi connectivity index (χ3v) is 3.40. The first-order chi connectivity index (χ1) is 6.97. The van der Waals surface area contributed by atoms with Gasteiger partial charge in [-0.1, -0.05) is 13.0 Å². The Kier molecular flexibility index (Phi) is 3.74. The number of carbonyl (C=O) groups is 1. The molecule has 0 saturated heterocycles. The van der Waals surface area contributed by atoms with Gasteiger partial charge in [0.2, 0.25) is 0 Å². The van der Waals surface area contributed by atoms with Crippen LogP contribution in [0.1, 0.15) is 30.4 Å². The maximum atomic E-state index is 10.9. The summed E-state index contributed by atoms with van der Waals surface area (Å²) in [5.74, 6) is -1.33. The Balaban J connectivity index is 3.20. The van der Waals surface area contributed by atoms with Crippen molar-refractivity contribution < 1.29 is 15.0 Å². The van der Waals surface area contributed by atoms with E-state index in [0.29, 0.717) is 16.5 Å². The van der Waals surface area contributed by atoms with Crippen molar-refractivity contribution in [3.8, 4) is 5.75 Å². The maximum absolute atomic E-state index is 10.9. The monoisotopic (exact) mass is 272 g/mol. The fraction of sp³-hybridized carbons (Fsp3) is 0.364. The standard InChI is InChI=1S/C11H13BrO3/c1-3-8(11(14)15)7-4-6(2)10(12)9(13)5-7/h4-5,8,13H,3H2,1-2H3,(H,14,15). The Morgan fingerprint density at radius 1 is 1.53 bits per heavy atom. The minimum absolute atomic E-state index is 0.0877. The zero-order valence-corrected chi connectivity index (χ0v) is 10.2. The van der Waals surface area contributed by atoms with Crippen LogP contribution in [0.5, 0.6) is 5.75 Å². The zero-order valence-electron chi connectivity index (χ0n) is 8.62. The van der Waals surface area contributed by atoms with Crippen LogP contribution in [0.3, 0.4) is 0 Å². The molecule has 2 N–H and O–H groups in total. The van der Waals surface area contributed by atoms with Crippen LogP contribution in [-0.4, -0.2) is 16.2 Å². The first-order valence-corrected chi connectivity index (χ1v) is 5.48. The van der Waals surface area contributed by atoms with Gasteiger partial charge in [0.15, 0.2) is 0 Å². The van der Waals surface area contributed by atoms with Crippen molar-refractivity contribution in [1.29, 1.82) is 0 Å². The van der Waals surface area contributed by atoms with Gasteiger partial charge in [-0.15, -0.1) is 0 Å². The van der Waals surface area contributed by atoms with Crippen LogP contribution in [0.4, 0.5) is 0 Å². The number of aromatic hydroxyl groups is 1. The number of hydrogen-bond donors (Lipinski definition) is 2. The first-order valence-electron chi connectivity index (χ1n) is 4.69. The van der Waals surface area contributed by atoms with E-state index in [-0.39, 0.29) is 5.75 Å². The van der Waals surface area contributed by atoms with Crippen molar-refractivity contribution in [3.05, 3.63) is 27.7 Å². The largest absolute Gasteiger partial charge is 0.507 e. The second-order valence-corrected chi connectivity index (χ2v) is 4.26. The second-order valence-electron chi connectivity index (χ2n) is 3.47. The molecule has 0 heterocycles. The van der Waals surface area contributed by atoms with Crippen molar-refractivity contribution in [2.75, 3.05) is 0 Å². The van der Waals surface area contributed by atoms with Crippen LogP contribution >= 0.6 is 15.9 Å². The molecule has 0 aliphatic heterocycles. The van der Waals surface area contributed by atoms with Gasteiger partial charge in [-0.05, 0) is 46.5 Å². The van der Waals surface area contributed by atoms with Gasteiger partial charge in [-0.25, -0.2) is 0 Å². The van der Waals surface area contributed by atoms with E-state index in [9.17, 15) is 9.90 Å². The summed E-state index contributed by atoms with van der Waals surface area (Å²) in [6, 6.07) is 3.28. The molecule has 1 aromatic carbocycles. The summed E-state index contributed by atoms with van der Waals surface area (Å²) < 4.78 is 0.617. The van der Waals surface area contributed by atoms with Gasteiger partial charge in [0.05, 0.1) is 10.4 Å². The molecule has 1 unspecified atom stereocenters. The third kappa shape index (κ3) is 2.50. The fourth-order valence-corrected chi connectivity index (χ4v) is 1.76. The van der Waals surface area contributed by atoms with Gasteiger partial charge in [0.25, 0.3) is 0 Å². The molecule has 82 valence electrons. The van der Waals surface area contributed by atoms with Crippen molar-refractivity contribution in [2.24, 2.45) is 0 Å². The van der Waals surface area contributed by atoms with Crippen LogP contribution in [-0.2, 0) is 4.79 Å². The lowest BCUT2D eigenvalue weighted by Crippen LogP contribution is -2.10. The molecule has 0 fully saturated rings. The molecule has 4 heteroatoms. The molecule has 0 spiro atoms. The molecule has 3 nitrogen and oxygen atoms in total. The normalized spacial score (nSPS) is 12.5. The number of rotatable bonds is 3. The van der Waals surface area contributed by atoms with Gasteiger partial charge in [-0.2, -0.15) is 0 Å². The number of benzene rings is 1. The average Bonchev–Trinajstić information content (AvgIpc) is 2.14. The molecular formula is C11H13BrO3. The summed E-state index contributed by atoms with van der Waals surface area (Å²) in [6.07, 6.45) is 0.510. The molecule has 1 aromatic rings. The number of aliphatic carboxylic acids is 1. The van der Waals surface area contributed by atoms with Gasteiger partial charge < -0.3 is 10.2 Å². The number of aryl methyl sites for hydroxylation is 1. The Morgan fingerprint density at radius 2 is 2.13 bits per heavy atom. The van der Waals surface area contributed by atoms with Crippen LogP contribution in [0.2, 0.25) is 0 Å². The van der Waals surface area contributed by atoms with E-state index >= 15 is 0 Å².